The van der Waals surface area contributed by atoms with E-state index in [9.17, 15) is 9.59 Å². The van der Waals surface area contributed by atoms with Crippen LogP contribution in [-0.2, 0) is 4.79 Å². The van der Waals surface area contributed by atoms with Gasteiger partial charge in [-0.3, -0.25) is 9.59 Å². The lowest BCUT2D eigenvalue weighted by Crippen LogP contribution is -2.53. The van der Waals surface area contributed by atoms with Crippen LogP contribution in [0.3, 0.4) is 0 Å². The van der Waals surface area contributed by atoms with Gasteiger partial charge in [-0.1, -0.05) is 26.0 Å². The van der Waals surface area contributed by atoms with Crippen molar-refractivity contribution in [3.05, 3.63) is 47.8 Å². The highest BCUT2D eigenvalue weighted by Crippen LogP contribution is 2.38. The van der Waals surface area contributed by atoms with E-state index in [0.717, 1.165) is 29.7 Å². The Balaban J connectivity index is 1.51. The second-order valence-corrected chi connectivity index (χ2v) is 9.37. The summed E-state index contributed by atoms with van der Waals surface area (Å²) < 4.78 is 16.1. The molecule has 192 valence electrons. The molecule has 1 aromatic heterocycles. The molecule has 3 aromatic rings. The fraction of sp³-hybridized carbons (Fsp3) is 0.444. The maximum Gasteiger partial charge on any atom is 0.252 e. The van der Waals surface area contributed by atoms with Gasteiger partial charge in [0.05, 0.1) is 32.4 Å². The van der Waals surface area contributed by atoms with Gasteiger partial charge in [-0.05, 0) is 43.0 Å². The third kappa shape index (κ3) is 5.10. The van der Waals surface area contributed by atoms with Crippen molar-refractivity contribution in [3.63, 3.8) is 0 Å². The van der Waals surface area contributed by atoms with Crippen molar-refractivity contribution in [1.29, 1.82) is 0 Å². The summed E-state index contributed by atoms with van der Waals surface area (Å²) in [6, 6.07) is 10.4. The Bertz CT molecular complexity index is 1180. The Morgan fingerprint density at radius 3 is 2.39 bits per heavy atom. The average Bonchev–Trinajstić information content (AvgIpc) is 3.34. The minimum Gasteiger partial charge on any atom is -0.493 e. The number of methoxy groups -OCH3 is 3. The van der Waals surface area contributed by atoms with Crippen molar-refractivity contribution in [2.45, 2.75) is 38.6 Å². The van der Waals surface area contributed by atoms with Crippen molar-refractivity contribution in [2.24, 2.45) is 5.92 Å². The predicted octanol–water partition coefficient (Wildman–Crippen LogP) is 3.75. The first-order chi connectivity index (χ1) is 17.4. The van der Waals surface area contributed by atoms with Gasteiger partial charge in [0.15, 0.2) is 11.5 Å². The molecule has 1 fully saturated rings. The van der Waals surface area contributed by atoms with Gasteiger partial charge in [0, 0.05) is 24.6 Å². The monoisotopic (exact) mass is 494 g/mol. The Morgan fingerprint density at radius 1 is 1.08 bits per heavy atom. The van der Waals surface area contributed by atoms with Crippen LogP contribution in [0, 0.1) is 5.92 Å². The lowest BCUT2D eigenvalue weighted by Gasteiger charge is -2.35. The number of H-pyrrole nitrogens is 1. The third-order valence-corrected chi connectivity index (χ3v) is 6.67. The van der Waals surface area contributed by atoms with E-state index >= 15 is 0 Å². The largest absolute Gasteiger partial charge is 0.493 e. The third-order valence-electron chi connectivity index (χ3n) is 6.67. The first-order valence-electron chi connectivity index (χ1n) is 12.2. The van der Waals surface area contributed by atoms with Crippen LogP contribution >= 0.6 is 0 Å². The molecule has 9 heteroatoms. The quantitative estimate of drug-likeness (QED) is 0.494. The standard InChI is InChI=1S/C27H34N4O5/c1-16(2)23(30-26(32)18-13-21(34-3)24(36-5)22(14-18)35-4)27(33)31-12-8-9-17(15-31)25-28-19-10-6-7-11-20(19)29-25/h6-7,10-11,13-14,16-17,23H,8-9,12,15H2,1-5H3,(H,28,29)(H,30,32)/t17-,23-/m1/s1. The summed E-state index contributed by atoms with van der Waals surface area (Å²) in [5.74, 6) is 1.59. The first-order valence-corrected chi connectivity index (χ1v) is 12.2. The lowest BCUT2D eigenvalue weighted by molar-refractivity contribution is -0.135. The number of amides is 2. The van der Waals surface area contributed by atoms with Gasteiger partial charge in [0.25, 0.3) is 5.91 Å². The normalized spacial score (nSPS) is 16.6. The molecule has 0 spiro atoms. The zero-order valence-electron chi connectivity index (χ0n) is 21.5. The Labute approximate surface area is 211 Å². The van der Waals surface area contributed by atoms with Crippen LogP contribution in [0.15, 0.2) is 36.4 Å². The molecule has 2 amide bonds. The number of hydrogen-bond acceptors (Lipinski definition) is 6. The zero-order valence-corrected chi connectivity index (χ0v) is 21.5. The van der Waals surface area contributed by atoms with Gasteiger partial charge in [0.1, 0.15) is 11.9 Å². The maximum atomic E-state index is 13.6. The molecular formula is C27H34N4O5. The van der Waals surface area contributed by atoms with E-state index in [2.05, 4.69) is 10.3 Å². The second kappa shape index (κ2) is 10.9. The van der Waals surface area contributed by atoms with Crippen LogP contribution in [0.4, 0.5) is 0 Å². The SMILES string of the molecule is COc1cc(C(=O)N[C@@H](C(=O)N2CCC[C@@H](c3nc4ccccc4[nH]3)C2)C(C)C)cc(OC)c1OC. The minimum atomic E-state index is -0.675. The number of benzene rings is 2. The average molecular weight is 495 g/mol. The van der Waals surface area contributed by atoms with Crippen molar-refractivity contribution in [2.75, 3.05) is 34.4 Å². The molecule has 1 saturated heterocycles. The summed E-state index contributed by atoms with van der Waals surface area (Å²) in [5, 5.41) is 2.94. The maximum absolute atomic E-state index is 13.6. The Kier molecular flexibility index (Phi) is 7.67. The highest BCUT2D eigenvalue weighted by molar-refractivity contribution is 5.98. The van der Waals surface area contributed by atoms with Crippen LogP contribution < -0.4 is 19.5 Å². The molecule has 1 aliphatic heterocycles. The van der Waals surface area contributed by atoms with Crippen LogP contribution in [0.25, 0.3) is 11.0 Å². The number of hydrogen-bond donors (Lipinski definition) is 2. The van der Waals surface area contributed by atoms with Gasteiger partial charge in [-0.15, -0.1) is 0 Å². The van der Waals surface area contributed by atoms with Gasteiger partial charge in [-0.2, -0.15) is 0 Å². The molecule has 0 bridgehead atoms. The first kappa shape index (κ1) is 25.3. The molecule has 2 N–H and O–H groups in total. The molecule has 2 atom stereocenters. The van der Waals surface area contributed by atoms with E-state index in [-0.39, 0.29) is 23.7 Å². The van der Waals surface area contributed by atoms with Crippen molar-refractivity contribution >= 4 is 22.8 Å². The number of fused-ring (bicyclic) bond motifs is 1. The summed E-state index contributed by atoms with van der Waals surface area (Å²) in [4.78, 5) is 36.8. The summed E-state index contributed by atoms with van der Waals surface area (Å²) in [6.45, 7) is 5.07. The number of rotatable bonds is 8. The predicted molar refractivity (Wildman–Crippen MR) is 137 cm³/mol. The van der Waals surface area contributed by atoms with Gasteiger partial charge in [0.2, 0.25) is 11.7 Å². The van der Waals surface area contributed by atoms with Crippen LogP contribution in [0.2, 0.25) is 0 Å². The highest BCUT2D eigenvalue weighted by Gasteiger charge is 2.33. The number of piperidine rings is 1. The number of aromatic amines is 1. The fourth-order valence-electron chi connectivity index (χ4n) is 4.71. The fourth-order valence-corrected chi connectivity index (χ4v) is 4.71. The number of carbonyl (C=O) groups excluding carboxylic acids is 2. The smallest absolute Gasteiger partial charge is 0.252 e. The van der Waals surface area contributed by atoms with E-state index in [4.69, 9.17) is 19.2 Å². The number of para-hydroxylation sites is 2. The van der Waals surface area contributed by atoms with E-state index < -0.39 is 6.04 Å². The molecule has 2 aromatic carbocycles. The summed E-state index contributed by atoms with van der Waals surface area (Å²) in [6.07, 6.45) is 1.83. The summed E-state index contributed by atoms with van der Waals surface area (Å²) in [7, 11) is 4.49. The molecule has 36 heavy (non-hydrogen) atoms. The van der Waals surface area contributed by atoms with Crippen molar-refractivity contribution in [3.8, 4) is 17.2 Å². The van der Waals surface area contributed by atoms with Crippen molar-refractivity contribution in [1.82, 2.24) is 20.2 Å². The van der Waals surface area contributed by atoms with Crippen LogP contribution in [0.5, 0.6) is 17.2 Å². The van der Waals surface area contributed by atoms with E-state index in [1.54, 1.807) is 12.1 Å². The molecule has 2 heterocycles. The molecule has 0 radical (unpaired) electrons. The van der Waals surface area contributed by atoms with Crippen LogP contribution in [-0.4, -0.2) is 67.1 Å². The molecule has 0 aliphatic carbocycles. The van der Waals surface area contributed by atoms with Gasteiger partial charge >= 0.3 is 0 Å². The lowest BCUT2D eigenvalue weighted by atomic mass is 9.95. The van der Waals surface area contributed by atoms with Crippen LogP contribution in [0.1, 0.15) is 48.8 Å². The number of nitrogens with one attached hydrogen (secondary N) is 2. The number of carbonyl (C=O) groups is 2. The number of aromatic nitrogens is 2. The number of nitrogens with zero attached hydrogens (tertiary/aromatic N) is 2. The number of imidazole rings is 1. The topological polar surface area (TPSA) is 106 Å². The summed E-state index contributed by atoms with van der Waals surface area (Å²) >= 11 is 0. The molecule has 1 aliphatic rings. The molecule has 9 nitrogen and oxygen atoms in total. The Hall–Kier alpha value is -3.75. The van der Waals surface area contributed by atoms with E-state index in [0.29, 0.717) is 35.9 Å². The number of likely N-dealkylation sites (tertiary alicyclic amines) is 1. The molecule has 4 rings (SSSR count). The summed E-state index contributed by atoms with van der Waals surface area (Å²) in [5.41, 5.74) is 2.24. The zero-order chi connectivity index (χ0) is 25.8. The number of ether oxygens (including phenoxy) is 3. The molecule has 0 unspecified atom stereocenters. The second-order valence-electron chi connectivity index (χ2n) is 9.37. The van der Waals surface area contributed by atoms with Crippen molar-refractivity contribution < 1.29 is 23.8 Å². The van der Waals surface area contributed by atoms with Gasteiger partial charge in [-0.25, -0.2) is 4.98 Å². The highest BCUT2D eigenvalue weighted by atomic mass is 16.5. The van der Waals surface area contributed by atoms with Gasteiger partial charge < -0.3 is 29.4 Å². The van der Waals surface area contributed by atoms with E-state index in [1.807, 2.05) is 43.0 Å². The molecule has 0 saturated carbocycles. The Morgan fingerprint density at radius 2 is 1.78 bits per heavy atom. The minimum absolute atomic E-state index is 0.0911. The van der Waals surface area contributed by atoms with E-state index in [1.165, 1.54) is 21.3 Å². The molecular weight excluding hydrogens is 460 g/mol.